The van der Waals surface area contributed by atoms with E-state index in [2.05, 4.69) is 24.4 Å². The molecule has 1 N–H and O–H groups in total. The Kier molecular flexibility index (Phi) is 6.26. The van der Waals surface area contributed by atoms with E-state index >= 15 is 0 Å². The van der Waals surface area contributed by atoms with Gasteiger partial charge in [0, 0.05) is 30.9 Å². The smallest absolute Gasteiger partial charge is 0.410 e. The van der Waals surface area contributed by atoms with Crippen LogP contribution < -0.4 is 5.32 Å². The number of piperidine rings is 1. The van der Waals surface area contributed by atoms with Crippen LogP contribution >= 0.6 is 0 Å². The maximum atomic E-state index is 13.1. The molecule has 0 saturated carbocycles. The van der Waals surface area contributed by atoms with Gasteiger partial charge in [0.2, 0.25) is 0 Å². The Morgan fingerprint density at radius 3 is 2.72 bits per heavy atom. The Morgan fingerprint density at radius 2 is 1.97 bits per heavy atom. The van der Waals surface area contributed by atoms with Crippen molar-refractivity contribution in [2.45, 2.75) is 65.4 Å². The first kappa shape index (κ1) is 22.4. The molecule has 2 heterocycles. The van der Waals surface area contributed by atoms with Gasteiger partial charge in [-0.05, 0) is 77.3 Å². The number of nitrogens with one attached hydrogen (secondary N) is 1. The number of carbonyl (C=O) groups is 2. The molecule has 2 amide bonds. The third kappa shape index (κ3) is 4.81. The molecule has 2 aliphatic rings. The summed E-state index contributed by atoms with van der Waals surface area (Å²) in [5, 5.41) is 7.82. The number of nitrogens with zero attached hydrogens (tertiary/aromatic N) is 3. The molecule has 1 atom stereocenters. The summed E-state index contributed by atoms with van der Waals surface area (Å²) in [6.45, 7) is 9.53. The number of aryl methyl sites for hydroxylation is 1. The molecule has 32 heavy (non-hydrogen) atoms. The number of hydrogen-bond acceptors (Lipinski definition) is 4. The van der Waals surface area contributed by atoms with E-state index in [9.17, 15) is 9.59 Å². The van der Waals surface area contributed by atoms with E-state index in [-0.39, 0.29) is 17.9 Å². The largest absolute Gasteiger partial charge is 0.444 e. The highest BCUT2D eigenvalue weighted by atomic mass is 16.6. The molecule has 1 fully saturated rings. The van der Waals surface area contributed by atoms with Crippen molar-refractivity contribution in [3.8, 4) is 5.69 Å². The van der Waals surface area contributed by atoms with Crippen molar-refractivity contribution in [1.82, 2.24) is 20.0 Å². The van der Waals surface area contributed by atoms with Crippen LogP contribution in [0.2, 0.25) is 0 Å². The lowest BCUT2D eigenvalue weighted by Gasteiger charge is -2.34. The Balaban J connectivity index is 1.42. The molecule has 1 aromatic carbocycles. The van der Waals surface area contributed by atoms with Crippen LogP contribution in [-0.4, -0.2) is 51.9 Å². The second-order valence-corrected chi connectivity index (χ2v) is 9.97. The average molecular weight is 439 g/mol. The molecule has 7 heteroatoms. The summed E-state index contributed by atoms with van der Waals surface area (Å²) >= 11 is 0. The summed E-state index contributed by atoms with van der Waals surface area (Å²) in [4.78, 5) is 27.3. The molecular weight excluding hydrogens is 404 g/mol. The normalized spacial score (nSPS) is 18.4. The molecule has 172 valence electrons. The van der Waals surface area contributed by atoms with E-state index in [1.807, 2.05) is 37.6 Å². The van der Waals surface area contributed by atoms with Crippen molar-refractivity contribution < 1.29 is 14.3 Å². The summed E-state index contributed by atoms with van der Waals surface area (Å²) in [6.07, 6.45) is 4.50. The predicted molar refractivity (Wildman–Crippen MR) is 123 cm³/mol. The van der Waals surface area contributed by atoms with E-state index in [0.29, 0.717) is 25.3 Å². The van der Waals surface area contributed by atoms with Crippen LogP contribution in [0, 0.1) is 12.8 Å². The summed E-state index contributed by atoms with van der Waals surface area (Å²) in [5.74, 6) is 0.0941. The molecule has 0 radical (unpaired) electrons. The van der Waals surface area contributed by atoms with Gasteiger partial charge >= 0.3 is 6.09 Å². The van der Waals surface area contributed by atoms with Crippen molar-refractivity contribution in [1.29, 1.82) is 0 Å². The molecule has 4 rings (SSSR count). The van der Waals surface area contributed by atoms with E-state index in [1.165, 1.54) is 0 Å². The van der Waals surface area contributed by atoms with Crippen LogP contribution in [-0.2, 0) is 17.6 Å². The van der Waals surface area contributed by atoms with Crippen molar-refractivity contribution in [2.75, 3.05) is 19.6 Å². The third-order valence-corrected chi connectivity index (χ3v) is 6.21. The van der Waals surface area contributed by atoms with Crippen LogP contribution in [0.15, 0.2) is 24.3 Å². The highest BCUT2D eigenvalue weighted by Crippen LogP contribution is 2.29. The number of amides is 2. The maximum absolute atomic E-state index is 13.1. The first-order valence-corrected chi connectivity index (χ1v) is 11.7. The number of para-hydroxylation sites is 1. The van der Waals surface area contributed by atoms with E-state index in [0.717, 1.165) is 54.6 Å². The van der Waals surface area contributed by atoms with Gasteiger partial charge in [0.05, 0.1) is 5.69 Å². The van der Waals surface area contributed by atoms with Gasteiger partial charge < -0.3 is 15.0 Å². The molecule has 1 aliphatic carbocycles. The fraction of sp³-hybridized carbons (Fsp3) is 0.560. The number of benzene rings is 1. The standard InChI is InChI=1S/C25H34N4O3/c1-17-9-5-6-12-20(17)29-21-13-7-11-19(21)22(27-29)23(30)26-15-18-10-8-14-28(16-18)24(31)32-25(2,3)4/h5-6,9,12,18H,7-8,10-11,13-16H2,1-4H3,(H,26,30). The zero-order valence-corrected chi connectivity index (χ0v) is 19.6. The lowest BCUT2D eigenvalue weighted by molar-refractivity contribution is 0.0167. The lowest BCUT2D eigenvalue weighted by Crippen LogP contribution is -2.45. The first-order valence-electron chi connectivity index (χ1n) is 11.7. The highest BCUT2D eigenvalue weighted by molar-refractivity contribution is 5.94. The topological polar surface area (TPSA) is 76.5 Å². The first-order chi connectivity index (χ1) is 15.2. The minimum atomic E-state index is -0.505. The summed E-state index contributed by atoms with van der Waals surface area (Å²) in [6, 6.07) is 8.14. The molecular formula is C25H34N4O3. The van der Waals surface area contributed by atoms with E-state index < -0.39 is 5.60 Å². The lowest BCUT2D eigenvalue weighted by atomic mass is 9.98. The van der Waals surface area contributed by atoms with Crippen LogP contribution in [0.3, 0.4) is 0 Å². The molecule has 0 bridgehead atoms. The highest BCUT2D eigenvalue weighted by Gasteiger charge is 2.30. The molecule has 1 unspecified atom stereocenters. The monoisotopic (exact) mass is 438 g/mol. The zero-order chi connectivity index (χ0) is 22.9. The Bertz CT molecular complexity index is 1010. The van der Waals surface area contributed by atoms with Crippen LogP contribution in [0.4, 0.5) is 4.79 Å². The van der Waals surface area contributed by atoms with Gasteiger partial charge in [-0.15, -0.1) is 0 Å². The third-order valence-electron chi connectivity index (χ3n) is 6.21. The number of likely N-dealkylation sites (tertiary alicyclic amines) is 1. The van der Waals surface area contributed by atoms with Gasteiger partial charge in [0.1, 0.15) is 5.60 Å². The summed E-state index contributed by atoms with van der Waals surface area (Å²) < 4.78 is 7.47. The quantitative estimate of drug-likeness (QED) is 0.781. The number of aromatic nitrogens is 2. The van der Waals surface area contributed by atoms with Crippen molar-refractivity contribution >= 4 is 12.0 Å². The van der Waals surface area contributed by atoms with Crippen molar-refractivity contribution in [2.24, 2.45) is 5.92 Å². The van der Waals surface area contributed by atoms with E-state index in [1.54, 1.807) is 4.90 Å². The molecule has 1 saturated heterocycles. The predicted octanol–water partition coefficient (Wildman–Crippen LogP) is 4.05. The number of fused-ring (bicyclic) bond motifs is 1. The van der Waals surface area contributed by atoms with Gasteiger partial charge in [-0.1, -0.05) is 18.2 Å². The van der Waals surface area contributed by atoms with Gasteiger partial charge in [0.15, 0.2) is 5.69 Å². The Hall–Kier alpha value is -2.83. The second kappa shape index (κ2) is 8.96. The van der Waals surface area contributed by atoms with E-state index in [4.69, 9.17) is 9.84 Å². The van der Waals surface area contributed by atoms with Gasteiger partial charge in [-0.3, -0.25) is 4.79 Å². The van der Waals surface area contributed by atoms with Crippen molar-refractivity contribution in [3.63, 3.8) is 0 Å². The van der Waals surface area contributed by atoms with Gasteiger partial charge in [-0.2, -0.15) is 5.10 Å². The second-order valence-electron chi connectivity index (χ2n) is 9.97. The Labute approximate surface area is 190 Å². The summed E-state index contributed by atoms with van der Waals surface area (Å²) in [5.41, 5.74) is 4.43. The number of carbonyl (C=O) groups excluding carboxylic acids is 2. The zero-order valence-electron chi connectivity index (χ0n) is 19.6. The summed E-state index contributed by atoms with van der Waals surface area (Å²) in [7, 11) is 0. The minimum absolute atomic E-state index is 0.120. The molecule has 0 spiro atoms. The number of hydrogen-bond donors (Lipinski definition) is 1. The average Bonchev–Trinajstić information content (AvgIpc) is 3.34. The van der Waals surface area contributed by atoms with Gasteiger partial charge in [0.25, 0.3) is 5.91 Å². The maximum Gasteiger partial charge on any atom is 0.410 e. The minimum Gasteiger partial charge on any atom is -0.444 e. The van der Waals surface area contributed by atoms with Crippen molar-refractivity contribution in [3.05, 3.63) is 46.8 Å². The van der Waals surface area contributed by atoms with Gasteiger partial charge in [-0.25, -0.2) is 9.48 Å². The molecule has 2 aromatic rings. The fourth-order valence-electron chi connectivity index (χ4n) is 4.66. The van der Waals surface area contributed by atoms with Crippen LogP contribution in [0.1, 0.15) is 67.3 Å². The number of ether oxygens (including phenoxy) is 1. The SMILES string of the molecule is Cc1ccccc1-n1nc(C(=O)NCC2CCCN(C(=O)OC(C)(C)C)C2)c2c1CCC2. The Morgan fingerprint density at radius 1 is 1.19 bits per heavy atom. The molecule has 7 nitrogen and oxygen atoms in total. The molecule has 1 aromatic heterocycles. The fourth-order valence-corrected chi connectivity index (χ4v) is 4.66. The molecule has 1 aliphatic heterocycles. The van der Waals surface area contributed by atoms with Crippen LogP contribution in [0.25, 0.3) is 5.69 Å². The number of rotatable bonds is 4. The van der Waals surface area contributed by atoms with Crippen LogP contribution in [0.5, 0.6) is 0 Å².